The number of halogens is 1. The summed E-state index contributed by atoms with van der Waals surface area (Å²) in [7, 11) is 0. The van der Waals surface area contributed by atoms with Crippen LogP contribution in [0.2, 0.25) is 0 Å². The van der Waals surface area contributed by atoms with E-state index in [9.17, 15) is 0 Å². The first-order valence-electron chi connectivity index (χ1n) is 5.85. The molecule has 0 unspecified atom stereocenters. The molecule has 0 saturated carbocycles. The number of rotatable bonds is 3. The first kappa shape index (κ1) is 11.4. The van der Waals surface area contributed by atoms with E-state index in [-0.39, 0.29) is 0 Å². The predicted octanol–water partition coefficient (Wildman–Crippen LogP) is 4.39. The van der Waals surface area contributed by atoms with E-state index < -0.39 is 0 Å². The molecule has 0 fully saturated rings. The predicted molar refractivity (Wildman–Crippen MR) is 70.6 cm³/mol. The summed E-state index contributed by atoms with van der Waals surface area (Å²) in [4.78, 5) is 0. The Morgan fingerprint density at radius 2 is 2.11 bits per heavy atom. The Morgan fingerprint density at radius 3 is 2.83 bits per heavy atom. The van der Waals surface area contributed by atoms with Crippen LogP contribution in [0.3, 0.4) is 0 Å². The Kier molecular flexibility index (Phi) is 2.84. The SMILES string of the molecule is CCc1c(-c2cc(CCl)no2)oc2ccccc12. The molecule has 0 amide bonds. The summed E-state index contributed by atoms with van der Waals surface area (Å²) in [6.07, 6.45) is 0.878. The van der Waals surface area contributed by atoms with Gasteiger partial charge in [-0.1, -0.05) is 30.3 Å². The van der Waals surface area contributed by atoms with E-state index in [2.05, 4.69) is 18.1 Å². The molecule has 0 aliphatic heterocycles. The molecular weight excluding hydrogens is 250 g/mol. The molecule has 3 nitrogen and oxygen atoms in total. The number of para-hydroxylation sites is 1. The molecule has 2 heterocycles. The molecule has 0 bridgehead atoms. The third-order valence-corrected chi connectivity index (χ3v) is 3.25. The monoisotopic (exact) mass is 261 g/mol. The van der Waals surface area contributed by atoms with Gasteiger partial charge >= 0.3 is 0 Å². The molecule has 0 N–H and O–H groups in total. The van der Waals surface area contributed by atoms with E-state index in [0.29, 0.717) is 17.3 Å². The van der Waals surface area contributed by atoms with Crippen molar-refractivity contribution >= 4 is 22.6 Å². The van der Waals surface area contributed by atoms with E-state index in [0.717, 1.165) is 28.7 Å². The van der Waals surface area contributed by atoms with Crippen molar-refractivity contribution in [2.24, 2.45) is 0 Å². The molecule has 0 radical (unpaired) electrons. The number of hydrogen-bond acceptors (Lipinski definition) is 3. The summed E-state index contributed by atoms with van der Waals surface area (Å²) in [5.74, 6) is 1.73. The van der Waals surface area contributed by atoms with Crippen LogP contribution in [0.4, 0.5) is 0 Å². The maximum Gasteiger partial charge on any atom is 0.202 e. The molecule has 0 atom stereocenters. The van der Waals surface area contributed by atoms with Crippen LogP contribution in [-0.4, -0.2) is 5.16 Å². The third kappa shape index (κ3) is 1.71. The second kappa shape index (κ2) is 4.50. The lowest BCUT2D eigenvalue weighted by atomic mass is 10.1. The van der Waals surface area contributed by atoms with Gasteiger partial charge in [0.1, 0.15) is 5.58 Å². The zero-order chi connectivity index (χ0) is 12.5. The van der Waals surface area contributed by atoms with E-state index >= 15 is 0 Å². The Bertz CT molecular complexity index is 684. The Balaban J connectivity index is 2.21. The van der Waals surface area contributed by atoms with Gasteiger partial charge in [0.2, 0.25) is 5.76 Å². The number of furan rings is 1. The summed E-state index contributed by atoms with van der Waals surface area (Å²) in [5, 5.41) is 5.01. The Morgan fingerprint density at radius 1 is 1.28 bits per heavy atom. The van der Waals surface area contributed by atoms with Gasteiger partial charge in [-0.05, 0) is 12.5 Å². The molecule has 2 aromatic heterocycles. The van der Waals surface area contributed by atoms with Crippen molar-refractivity contribution in [2.75, 3.05) is 0 Å². The number of alkyl halides is 1. The van der Waals surface area contributed by atoms with E-state index in [1.165, 1.54) is 0 Å². The number of aryl methyl sites for hydroxylation is 1. The molecule has 18 heavy (non-hydrogen) atoms. The minimum Gasteiger partial charge on any atom is -0.452 e. The number of nitrogens with zero attached hydrogens (tertiary/aromatic N) is 1. The molecule has 0 aliphatic carbocycles. The van der Waals surface area contributed by atoms with E-state index in [1.54, 1.807) is 0 Å². The van der Waals surface area contributed by atoms with Crippen LogP contribution < -0.4 is 0 Å². The van der Waals surface area contributed by atoms with Crippen LogP contribution in [-0.2, 0) is 12.3 Å². The summed E-state index contributed by atoms with van der Waals surface area (Å²) in [6, 6.07) is 9.80. The lowest BCUT2D eigenvalue weighted by Crippen LogP contribution is -1.80. The summed E-state index contributed by atoms with van der Waals surface area (Å²) >= 11 is 5.73. The molecule has 3 aromatic rings. The highest BCUT2D eigenvalue weighted by atomic mass is 35.5. The lowest BCUT2D eigenvalue weighted by molar-refractivity contribution is 0.415. The maximum absolute atomic E-state index is 5.86. The molecule has 92 valence electrons. The highest BCUT2D eigenvalue weighted by molar-refractivity contribution is 6.16. The van der Waals surface area contributed by atoms with Gasteiger partial charge in [0.15, 0.2) is 5.76 Å². The fourth-order valence-corrected chi connectivity index (χ4v) is 2.26. The number of hydrogen-bond donors (Lipinski definition) is 0. The fraction of sp³-hybridized carbons (Fsp3) is 0.214. The second-order valence-electron chi connectivity index (χ2n) is 4.08. The van der Waals surface area contributed by atoms with Gasteiger partial charge in [0, 0.05) is 17.0 Å². The molecular formula is C14H12ClNO2. The van der Waals surface area contributed by atoms with Crippen molar-refractivity contribution < 1.29 is 8.94 Å². The zero-order valence-corrected chi connectivity index (χ0v) is 10.7. The van der Waals surface area contributed by atoms with Crippen LogP contribution in [0.1, 0.15) is 18.2 Å². The zero-order valence-electron chi connectivity index (χ0n) is 9.94. The van der Waals surface area contributed by atoms with Gasteiger partial charge in [0.25, 0.3) is 0 Å². The summed E-state index contributed by atoms with van der Waals surface area (Å²) in [5.41, 5.74) is 2.73. The van der Waals surface area contributed by atoms with Gasteiger partial charge < -0.3 is 8.94 Å². The van der Waals surface area contributed by atoms with Crippen LogP contribution in [0.5, 0.6) is 0 Å². The summed E-state index contributed by atoms with van der Waals surface area (Å²) in [6.45, 7) is 2.10. The van der Waals surface area contributed by atoms with Gasteiger partial charge in [-0.2, -0.15) is 0 Å². The van der Waals surface area contributed by atoms with Gasteiger partial charge in [-0.3, -0.25) is 0 Å². The van der Waals surface area contributed by atoms with Crippen molar-refractivity contribution in [3.8, 4) is 11.5 Å². The molecule has 4 heteroatoms. The van der Waals surface area contributed by atoms with Gasteiger partial charge in [-0.15, -0.1) is 11.6 Å². The van der Waals surface area contributed by atoms with Crippen LogP contribution in [0, 0.1) is 0 Å². The maximum atomic E-state index is 5.86. The van der Waals surface area contributed by atoms with Crippen LogP contribution >= 0.6 is 11.6 Å². The topological polar surface area (TPSA) is 39.2 Å². The largest absolute Gasteiger partial charge is 0.452 e. The number of benzene rings is 1. The smallest absolute Gasteiger partial charge is 0.202 e. The van der Waals surface area contributed by atoms with Crippen LogP contribution in [0.15, 0.2) is 39.3 Å². The van der Waals surface area contributed by atoms with Crippen molar-refractivity contribution in [3.63, 3.8) is 0 Å². The lowest BCUT2D eigenvalue weighted by Gasteiger charge is -1.94. The van der Waals surface area contributed by atoms with Gasteiger partial charge in [0.05, 0.1) is 11.6 Å². The number of aromatic nitrogens is 1. The molecule has 1 aromatic carbocycles. The minimum absolute atomic E-state index is 0.338. The van der Waals surface area contributed by atoms with E-state index in [4.69, 9.17) is 20.5 Å². The first-order chi connectivity index (χ1) is 8.83. The van der Waals surface area contributed by atoms with Gasteiger partial charge in [-0.25, -0.2) is 0 Å². The normalized spacial score (nSPS) is 11.2. The molecule has 0 aliphatic rings. The Labute approximate surface area is 109 Å². The molecule has 0 saturated heterocycles. The average Bonchev–Trinajstić information content (AvgIpc) is 3.02. The highest BCUT2D eigenvalue weighted by Gasteiger charge is 2.17. The minimum atomic E-state index is 0.338. The summed E-state index contributed by atoms with van der Waals surface area (Å²) < 4.78 is 11.1. The molecule has 0 spiro atoms. The Hall–Kier alpha value is -1.74. The quantitative estimate of drug-likeness (QED) is 0.657. The molecule has 3 rings (SSSR count). The van der Waals surface area contributed by atoms with Crippen molar-refractivity contribution in [2.45, 2.75) is 19.2 Å². The van der Waals surface area contributed by atoms with Crippen LogP contribution in [0.25, 0.3) is 22.5 Å². The average molecular weight is 262 g/mol. The van der Waals surface area contributed by atoms with E-state index in [1.807, 2.05) is 24.3 Å². The van der Waals surface area contributed by atoms with Crippen molar-refractivity contribution in [1.82, 2.24) is 5.16 Å². The fourth-order valence-electron chi connectivity index (χ4n) is 2.13. The number of fused-ring (bicyclic) bond motifs is 1. The standard InChI is InChI=1S/C14H12ClNO2/c1-2-10-11-5-3-4-6-12(11)17-14(10)13-7-9(8-15)16-18-13/h3-7H,2,8H2,1H3. The highest BCUT2D eigenvalue weighted by Crippen LogP contribution is 2.34. The second-order valence-corrected chi connectivity index (χ2v) is 4.34. The van der Waals surface area contributed by atoms with Crippen molar-refractivity contribution in [3.05, 3.63) is 41.6 Å². The first-order valence-corrected chi connectivity index (χ1v) is 6.39. The van der Waals surface area contributed by atoms with Crippen molar-refractivity contribution in [1.29, 1.82) is 0 Å². The third-order valence-electron chi connectivity index (χ3n) is 2.97.